The lowest BCUT2D eigenvalue weighted by Gasteiger charge is -2.37. The molecule has 148 valence electrons. The third-order valence-corrected chi connectivity index (χ3v) is 5.80. The largest absolute Gasteiger partial charge is 0.485 e. The highest BCUT2D eigenvalue weighted by Crippen LogP contribution is 2.31. The predicted octanol–water partition coefficient (Wildman–Crippen LogP) is 1.46. The van der Waals surface area contributed by atoms with Gasteiger partial charge in [-0.3, -0.25) is 14.5 Å². The first-order valence-electron chi connectivity index (χ1n) is 9.42. The van der Waals surface area contributed by atoms with E-state index in [0.29, 0.717) is 31.1 Å². The Morgan fingerprint density at radius 3 is 2.61 bits per heavy atom. The van der Waals surface area contributed by atoms with Gasteiger partial charge in [0.15, 0.2) is 11.5 Å². The Morgan fingerprint density at radius 1 is 1.07 bits per heavy atom. The van der Waals surface area contributed by atoms with Gasteiger partial charge in [-0.05, 0) is 23.6 Å². The van der Waals surface area contributed by atoms with Gasteiger partial charge in [-0.1, -0.05) is 18.2 Å². The van der Waals surface area contributed by atoms with Gasteiger partial charge in [-0.15, -0.1) is 11.3 Å². The van der Waals surface area contributed by atoms with Gasteiger partial charge in [0.2, 0.25) is 6.10 Å². The second-order valence-electron chi connectivity index (χ2n) is 6.76. The van der Waals surface area contributed by atoms with Crippen molar-refractivity contribution < 1.29 is 19.1 Å². The molecule has 2 aliphatic heterocycles. The number of fused-ring (bicyclic) bond motifs is 1. The Labute approximate surface area is 167 Å². The van der Waals surface area contributed by atoms with Crippen molar-refractivity contribution in [3.63, 3.8) is 0 Å². The number of benzene rings is 1. The fourth-order valence-electron chi connectivity index (χ4n) is 3.36. The van der Waals surface area contributed by atoms with E-state index in [1.165, 1.54) is 11.3 Å². The standard InChI is InChI=1S/C20H23N3O4S/c24-19(18-6-3-13-28-18)21-7-8-22-9-11-23(12-10-22)20(25)17-14-26-15-4-1-2-5-16(15)27-17/h1-6,13,17H,7-12,14H2,(H,21,24). The molecule has 0 radical (unpaired) electrons. The van der Waals surface area contributed by atoms with Crippen LogP contribution in [0, 0.1) is 0 Å². The highest BCUT2D eigenvalue weighted by molar-refractivity contribution is 7.12. The number of hydrogen-bond acceptors (Lipinski definition) is 6. The van der Waals surface area contributed by atoms with Crippen LogP contribution in [0.25, 0.3) is 0 Å². The molecule has 28 heavy (non-hydrogen) atoms. The maximum atomic E-state index is 12.8. The highest BCUT2D eigenvalue weighted by Gasteiger charge is 2.32. The van der Waals surface area contributed by atoms with Crippen LogP contribution in [-0.4, -0.2) is 73.6 Å². The van der Waals surface area contributed by atoms with Crippen LogP contribution in [0.15, 0.2) is 41.8 Å². The van der Waals surface area contributed by atoms with Gasteiger partial charge in [0, 0.05) is 39.3 Å². The lowest BCUT2D eigenvalue weighted by Crippen LogP contribution is -2.54. The summed E-state index contributed by atoms with van der Waals surface area (Å²) in [5, 5.41) is 4.83. The Morgan fingerprint density at radius 2 is 1.86 bits per heavy atom. The minimum atomic E-state index is -0.591. The van der Waals surface area contributed by atoms with E-state index in [2.05, 4.69) is 10.2 Å². The molecule has 0 bridgehead atoms. The molecule has 8 heteroatoms. The van der Waals surface area contributed by atoms with Crippen molar-refractivity contribution in [2.24, 2.45) is 0 Å². The quantitative estimate of drug-likeness (QED) is 0.822. The fraction of sp³-hybridized carbons (Fsp3) is 0.400. The molecule has 0 saturated carbocycles. The molecule has 0 aliphatic carbocycles. The van der Waals surface area contributed by atoms with Crippen LogP contribution in [0.3, 0.4) is 0 Å². The number of ether oxygens (including phenoxy) is 2. The summed E-state index contributed by atoms with van der Waals surface area (Å²) in [7, 11) is 0. The second kappa shape index (κ2) is 8.62. The maximum Gasteiger partial charge on any atom is 0.267 e. The average Bonchev–Trinajstić information content (AvgIpc) is 3.28. The van der Waals surface area contributed by atoms with Crippen molar-refractivity contribution in [3.8, 4) is 11.5 Å². The van der Waals surface area contributed by atoms with E-state index >= 15 is 0 Å². The molecule has 4 rings (SSSR count). The molecule has 1 N–H and O–H groups in total. The molecule has 1 aromatic heterocycles. The van der Waals surface area contributed by atoms with Crippen LogP contribution in [0.5, 0.6) is 11.5 Å². The molecule has 3 heterocycles. The third-order valence-electron chi connectivity index (χ3n) is 4.93. The van der Waals surface area contributed by atoms with E-state index in [1.807, 2.05) is 46.7 Å². The van der Waals surface area contributed by atoms with Gasteiger partial charge in [-0.2, -0.15) is 0 Å². The van der Waals surface area contributed by atoms with E-state index in [-0.39, 0.29) is 18.4 Å². The number of nitrogens with zero attached hydrogens (tertiary/aromatic N) is 2. The van der Waals surface area contributed by atoms with E-state index in [1.54, 1.807) is 0 Å². The average molecular weight is 401 g/mol. The molecular weight excluding hydrogens is 378 g/mol. The van der Waals surface area contributed by atoms with Crippen molar-refractivity contribution >= 4 is 23.2 Å². The second-order valence-corrected chi connectivity index (χ2v) is 7.71. The zero-order valence-corrected chi connectivity index (χ0v) is 16.3. The molecule has 1 unspecified atom stereocenters. The number of carbonyl (C=O) groups excluding carboxylic acids is 2. The molecule has 2 aromatic rings. The van der Waals surface area contributed by atoms with Crippen LogP contribution in [0.2, 0.25) is 0 Å². The number of nitrogens with one attached hydrogen (secondary N) is 1. The van der Waals surface area contributed by atoms with E-state index in [9.17, 15) is 9.59 Å². The molecule has 7 nitrogen and oxygen atoms in total. The first kappa shape index (κ1) is 18.8. The Bertz CT molecular complexity index is 819. The summed E-state index contributed by atoms with van der Waals surface area (Å²) in [6.45, 7) is 4.48. The molecule has 0 spiro atoms. The molecule has 1 saturated heterocycles. The summed E-state index contributed by atoms with van der Waals surface area (Å²) in [5.41, 5.74) is 0. The van der Waals surface area contributed by atoms with E-state index in [0.717, 1.165) is 24.5 Å². The van der Waals surface area contributed by atoms with Crippen LogP contribution < -0.4 is 14.8 Å². The summed E-state index contributed by atoms with van der Waals surface area (Å²) >= 11 is 1.44. The van der Waals surface area contributed by atoms with Crippen LogP contribution in [-0.2, 0) is 4.79 Å². The molecular formula is C20H23N3O4S. The minimum Gasteiger partial charge on any atom is -0.485 e. The molecule has 2 amide bonds. The zero-order chi connectivity index (χ0) is 19.3. The normalized spacial score (nSPS) is 19.3. The van der Waals surface area contributed by atoms with E-state index < -0.39 is 6.10 Å². The number of amides is 2. The van der Waals surface area contributed by atoms with Gasteiger partial charge in [0.05, 0.1) is 4.88 Å². The first-order valence-corrected chi connectivity index (χ1v) is 10.3. The fourth-order valence-corrected chi connectivity index (χ4v) is 4.00. The maximum absolute atomic E-state index is 12.8. The van der Waals surface area contributed by atoms with Crippen molar-refractivity contribution in [1.29, 1.82) is 0 Å². The smallest absolute Gasteiger partial charge is 0.267 e. The van der Waals surface area contributed by atoms with Gasteiger partial charge < -0.3 is 19.7 Å². The van der Waals surface area contributed by atoms with Gasteiger partial charge >= 0.3 is 0 Å². The topological polar surface area (TPSA) is 71.1 Å². The monoisotopic (exact) mass is 401 g/mol. The minimum absolute atomic E-state index is 0.0276. The van der Waals surface area contributed by atoms with Crippen molar-refractivity contribution in [2.75, 3.05) is 45.9 Å². The Hall–Kier alpha value is -2.58. The number of rotatable bonds is 5. The Kier molecular flexibility index (Phi) is 5.78. The first-order chi connectivity index (χ1) is 13.7. The lowest BCUT2D eigenvalue weighted by molar-refractivity contribution is -0.143. The van der Waals surface area contributed by atoms with Crippen molar-refractivity contribution in [2.45, 2.75) is 6.10 Å². The highest BCUT2D eigenvalue weighted by atomic mass is 32.1. The predicted molar refractivity (Wildman–Crippen MR) is 106 cm³/mol. The van der Waals surface area contributed by atoms with Gasteiger partial charge in [0.1, 0.15) is 6.61 Å². The molecule has 1 aromatic carbocycles. The van der Waals surface area contributed by atoms with Crippen molar-refractivity contribution in [3.05, 3.63) is 46.7 Å². The van der Waals surface area contributed by atoms with Gasteiger partial charge in [-0.25, -0.2) is 0 Å². The summed E-state index contributed by atoms with van der Waals surface area (Å²) in [6.07, 6.45) is -0.591. The molecule has 2 aliphatic rings. The lowest BCUT2D eigenvalue weighted by atomic mass is 10.2. The van der Waals surface area contributed by atoms with Crippen LogP contribution in [0.4, 0.5) is 0 Å². The van der Waals surface area contributed by atoms with E-state index in [4.69, 9.17) is 9.47 Å². The number of thiophene rings is 1. The number of piperazine rings is 1. The molecule has 1 fully saturated rings. The third kappa shape index (κ3) is 4.28. The number of para-hydroxylation sites is 2. The number of hydrogen-bond donors (Lipinski definition) is 1. The van der Waals surface area contributed by atoms with Crippen molar-refractivity contribution in [1.82, 2.24) is 15.1 Å². The summed E-state index contributed by atoms with van der Waals surface area (Å²) in [5.74, 6) is 1.24. The van der Waals surface area contributed by atoms with Gasteiger partial charge in [0.25, 0.3) is 11.8 Å². The van der Waals surface area contributed by atoms with Crippen LogP contribution in [0.1, 0.15) is 9.67 Å². The van der Waals surface area contributed by atoms with Crippen LogP contribution >= 0.6 is 11.3 Å². The summed E-state index contributed by atoms with van der Waals surface area (Å²) in [4.78, 5) is 29.5. The Balaban J connectivity index is 1.20. The summed E-state index contributed by atoms with van der Waals surface area (Å²) < 4.78 is 11.5. The SMILES string of the molecule is O=C(NCCN1CCN(C(=O)C2COc3ccccc3O2)CC1)c1cccs1. The summed E-state index contributed by atoms with van der Waals surface area (Å²) in [6, 6.07) is 11.1. The zero-order valence-electron chi connectivity index (χ0n) is 15.5. The number of carbonyl (C=O) groups is 2. The molecule has 1 atom stereocenters.